The normalized spacial score (nSPS) is 18.1. The van der Waals surface area contributed by atoms with Crippen LogP contribution < -0.4 is 15.8 Å². The number of hydrogen-bond donors (Lipinski definition) is 2. The molecular weight excluding hydrogens is 476 g/mol. The van der Waals surface area contributed by atoms with Gasteiger partial charge in [-0.1, -0.05) is 11.6 Å². The standard InChI is InChI=1S/C27H37ClN6O2/c1-7-33(21-10-8-20(9-11-21)32(5)6)24-14-19(28)13-22(17(24)3)26(35)29-15-23-18(4)34-25(30-27(23)36)12-16(2)31-34/h12-14,20-21H,7-11,15H2,1-6H3,(H,29,35)(H,30,36). The van der Waals surface area contributed by atoms with E-state index in [-0.39, 0.29) is 18.0 Å². The molecule has 1 aliphatic carbocycles. The molecule has 0 atom stereocenters. The molecule has 0 radical (unpaired) electrons. The van der Waals surface area contributed by atoms with Crippen molar-refractivity contribution in [2.75, 3.05) is 25.5 Å². The summed E-state index contributed by atoms with van der Waals surface area (Å²) >= 11 is 6.53. The summed E-state index contributed by atoms with van der Waals surface area (Å²) < 4.78 is 1.70. The summed E-state index contributed by atoms with van der Waals surface area (Å²) in [6.45, 7) is 8.79. The Morgan fingerprint density at radius 2 is 1.81 bits per heavy atom. The van der Waals surface area contributed by atoms with Gasteiger partial charge in [0.05, 0.1) is 23.5 Å². The van der Waals surface area contributed by atoms with E-state index in [4.69, 9.17) is 11.6 Å². The van der Waals surface area contributed by atoms with Crippen LogP contribution in [0.15, 0.2) is 23.0 Å². The molecule has 0 aliphatic heterocycles. The lowest BCUT2D eigenvalue weighted by Crippen LogP contribution is -2.42. The first-order valence-electron chi connectivity index (χ1n) is 12.7. The maximum atomic E-state index is 13.3. The van der Waals surface area contributed by atoms with E-state index in [1.807, 2.05) is 32.9 Å². The number of nitrogens with zero attached hydrogens (tertiary/aromatic N) is 4. The average molecular weight is 513 g/mol. The van der Waals surface area contributed by atoms with E-state index in [1.165, 1.54) is 0 Å². The molecular formula is C27H37ClN6O2. The molecule has 1 aromatic carbocycles. The minimum absolute atomic E-state index is 0.0994. The minimum atomic E-state index is -0.251. The lowest BCUT2D eigenvalue weighted by Gasteiger charge is -2.40. The lowest BCUT2D eigenvalue weighted by atomic mass is 9.89. The zero-order chi connectivity index (χ0) is 26.1. The zero-order valence-electron chi connectivity index (χ0n) is 22.1. The van der Waals surface area contributed by atoms with Crippen LogP contribution in [0.5, 0.6) is 0 Å². The number of fused-ring (bicyclic) bond motifs is 1. The number of aromatic amines is 1. The van der Waals surface area contributed by atoms with Gasteiger partial charge in [0.2, 0.25) is 0 Å². The molecule has 8 nitrogen and oxygen atoms in total. The third-order valence-electron chi connectivity index (χ3n) is 7.60. The largest absolute Gasteiger partial charge is 0.369 e. The predicted octanol–water partition coefficient (Wildman–Crippen LogP) is 4.23. The summed E-state index contributed by atoms with van der Waals surface area (Å²) in [5.41, 5.74) is 4.84. The van der Waals surface area contributed by atoms with Gasteiger partial charge < -0.3 is 20.1 Å². The van der Waals surface area contributed by atoms with E-state index in [0.29, 0.717) is 39.6 Å². The molecule has 1 amide bonds. The van der Waals surface area contributed by atoms with Crippen molar-refractivity contribution in [2.45, 2.75) is 72.0 Å². The molecule has 3 aromatic rings. The fraction of sp³-hybridized carbons (Fsp3) is 0.519. The SMILES string of the molecule is CCN(c1cc(Cl)cc(C(=O)NCc2c(C)n3nc(C)cc3[nH]c2=O)c1C)C1CCC(N(C)C)CC1. The van der Waals surface area contributed by atoms with E-state index in [9.17, 15) is 9.59 Å². The summed E-state index contributed by atoms with van der Waals surface area (Å²) in [4.78, 5) is 33.5. The fourth-order valence-corrected chi connectivity index (χ4v) is 5.72. The van der Waals surface area contributed by atoms with E-state index in [0.717, 1.165) is 49.2 Å². The Balaban J connectivity index is 1.56. The van der Waals surface area contributed by atoms with Gasteiger partial charge in [0.1, 0.15) is 5.65 Å². The number of amides is 1. The van der Waals surface area contributed by atoms with E-state index >= 15 is 0 Å². The van der Waals surface area contributed by atoms with Gasteiger partial charge in [0.25, 0.3) is 11.5 Å². The number of aryl methyl sites for hydroxylation is 2. The third kappa shape index (κ3) is 5.15. The highest BCUT2D eigenvalue weighted by molar-refractivity contribution is 6.31. The zero-order valence-corrected chi connectivity index (χ0v) is 22.9. The Morgan fingerprint density at radius 3 is 2.44 bits per heavy atom. The first kappa shape index (κ1) is 26.2. The van der Waals surface area contributed by atoms with Crippen LogP contribution in [0.4, 0.5) is 5.69 Å². The predicted molar refractivity (Wildman–Crippen MR) is 145 cm³/mol. The number of anilines is 1. The quantitative estimate of drug-likeness (QED) is 0.495. The van der Waals surface area contributed by atoms with Gasteiger partial charge in [-0.3, -0.25) is 9.59 Å². The highest BCUT2D eigenvalue weighted by atomic mass is 35.5. The first-order chi connectivity index (χ1) is 17.1. The number of nitrogens with one attached hydrogen (secondary N) is 2. The number of hydrogen-bond acceptors (Lipinski definition) is 5. The number of carbonyl (C=O) groups excluding carboxylic acids is 1. The van der Waals surface area contributed by atoms with Crippen molar-refractivity contribution in [2.24, 2.45) is 0 Å². The minimum Gasteiger partial charge on any atom is -0.369 e. The number of H-pyrrole nitrogens is 1. The van der Waals surface area contributed by atoms with Gasteiger partial charge in [0.15, 0.2) is 0 Å². The lowest BCUT2D eigenvalue weighted by molar-refractivity contribution is 0.0950. The summed E-state index contributed by atoms with van der Waals surface area (Å²) in [5, 5.41) is 7.90. The summed E-state index contributed by atoms with van der Waals surface area (Å²) in [6.07, 6.45) is 4.55. The van der Waals surface area contributed by atoms with Crippen molar-refractivity contribution in [1.29, 1.82) is 0 Å². The molecule has 2 aromatic heterocycles. The molecule has 9 heteroatoms. The Labute approximate surface area is 217 Å². The van der Waals surface area contributed by atoms with Crippen LogP contribution in [-0.4, -0.2) is 58.1 Å². The first-order valence-corrected chi connectivity index (χ1v) is 13.1. The van der Waals surface area contributed by atoms with Crippen LogP contribution in [-0.2, 0) is 6.54 Å². The molecule has 4 rings (SSSR count). The van der Waals surface area contributed by atoms with Crippen molar-refractivity contribution in [3.05, 3.63) is 61.7 Å². The molecule has 0 bridgehead atoms. The number of rotatable bonds is 7. The van der Waals surface area contributed by atoms with Crippen molar-refractivity contribution >= 4 is 28.8 Å². The van der Waals surface area contributed by atoms with Gasteiger partial charge >= 0.3 is 0 Å². The second kappa shape index (κ2) is 10.6. The van der Waals surface area contributed by atoms with Crippen LogP contribution in [0.25, 0.3) is 5.65 Å². The molecule has 0 spiro atoms. The second-order valence-corrected chi connectivity index (χ2v) is 10.5. The van der Waals surface area contributed by atoms with Crippen LogP contribution in [0.2, 0.25) is 5.02 Å². The highest BCUT2D eigenvalue weighted by Crippen LogP contribution is 2.34. The van der Waals surface area contributed by atoms with Crippen molar-refractivity contribution in [3.63, 3.8) is 0 Å². The fourth-order valence-electron chi connectivity index (χ4n) is 5.51. The maximum Gasteiger partial charge on any atom is 0.256 e. The van der Waals surface area contributed by atoms with E-state index in [2.05, 4.69) is 46.2 Å². The Hall–Kier alpha value is -2.84. The van der Waals surface area contributed by atoms with Gasteiger partial charge in [-0.2, -0.15) is 5.10 Å². The Bertz CT molecular complexity index is 1320. The molecule has 2 N–H and O–H groups in total. The molecule has 194 valence electrons. The summed E-state index contributed by atoms with van der Waals surface area (Å²) in [6, 6.07) is 6.55. The topological polar surface area (TPSA) is 85.7 Å². The molecule has 0 saturated heterocycles. The number of aromatic nitrogens is 3. The van der Waals surface area contributed by atoms with Gasteiger partial charge in [-0.15, -0.1) is 0 Å². The smallest absolute Gasteiger partial charge is 0.256 e. The maximum absolute atomic E-state index is 13.3. The van der Waals surface area contributed by atoms with Gasteiger partial charge in [0, 0.05) is 41.0 Å². The molecule has 1 saturated carbocycles. The van der Waals surface area contributed by atoms with Crippen LogP contribution in [0.1, 0.15) is 65.5 Å². The van der Waals surface area contributed by atoms with E-state index < -0.39 is 0 Å². The van der Waals surface area contributed by atoms with Crippen molar-refractivity contribution in [3.8, 4) is 0 Å². The number of halogens is 1. The summed E-state index contributed by atoms with van der Waals surface area (Å²) in [7, 11) is 4.30. The molecule has 1 fully saturated rings. The van der Waals surface area contributed by atoms with Gasteiger partial charge in [-0.05, 0) is 85.2 Å². The number of benzene rings is 1. The van der Waals surface area contributed by atoms with Crippen LogP contribution in [0.3, 0.4) is 0 Å². The second-order valence-electron chi connectivity index (χ2n) is 10.1. The van der Waals surface area contributed by atoms with Crippen LogP contribution in [0, 0.1) is 20.8 Å². The molecule has 36 heavy (non-hydrogen) atoms. The third-order valence-corrected chi connectivity index (χ3v) is 7.82. The van der Waals surface area contributed by atoms with Crippen LogP contribution >= 0.6 is 11.6 Å². The Kier molecular flexibility index (Phi) is 7.76. The van der Waals surface area contributed by atoms with E-state index in [1.54, 1.807) is 10.6 Å². The molecule has 1 aliphatic rings. The average Bonchev–Trinajstić information content (AvgIpc) is 3.21. The molecule has 0 unspecified atom stereocenters. The Morgan fingerprint density at radius 1 is 1.14 bits per heavy atom. The van der Waals surface area contributed by atoms with Gasteiger partial charge in [-0.25, -0.2) is 4.52 Å². The van der Waals surface area contributed by atoms with Crippen molar-refractivity contribution in [1.82, 2.24) is 24.8 Å². The summed E-state index contributed by atoms with van der Waals surface area (Å²) in [5.74, 6) is -0.251. The van der Waals surface area contributed by atoms with Crippen molar-refractivity contribution < 1.29 is 4.79 Å². The monoisotopic (exact) mass is 512 g/mol. The number of carbonyl (C=O) groups is 1. The highest BCUT2D eigenvalue weighted by Gasteiger charge is 2.28. The molecule has 2 heterocycles.